The minimum atomic E-state index is 0.700. The maximum atomic E-state index is 6.24. The Bertz CT molecular complexity index is 577. The number of pyridine rings is 1. The van der Waals surface area contributed by atoms with Crippen LogP contribution in [0.5, 0.6) is 5.75 Å². The van der Waals surface area contributed by atoms with E-state index in [1.165, 1.54) is 0 Å². The van der Waals surface area contributed by atoms with E-state index in [0.717, 1.165) is 51.8 Å². The molecule has 0 amide bonds. The van der Waals surface area contributed by atoms with E-state index in [-0.39, 0.29) is 0 Å². The van der Waals surface area contributed by atoms with Crippen molar-refractivity contribution in [3.8, 4) is 5.75 Å². The lowest BCUT2D eigenvalue weighted by Crippen LogP contribution is -2.00. The van der Waals surface area contributed by atoms with E-state index in [2.05, 4.69) is 27.6 Å². The molecule has 1 aromatic heterocycles. The fourth-order valence-electron chi connectivity index (χ4n) is 2.01. The minimum Gasteiger partial charge on any atom is -0.490 e. The summed E-state index contributed by atoms with van der Waals surface area (Å²) in [4.78, 5) is 4.40. The molecule has 2 aromatic rings. The van der Waals surface area contributed by atoms with Crippen molar-refractivity contribution in [3.63, 3.8) is 0 Å². The van der Waals surface area contributed by atoms with Crippen molar-refractivity contribution < 1.29 is 4.74 Å². The molecule has 0 N–H and O–H groups in total. The molecule has 2 rings (SSSR count). The number of alkyl halides is 1. The zero-order valence-electron chi connectivity index (χ0n) is 11.0. The molecular formula is C15H16Cl2INO. The molecule has 1 aromatic carbocycles. The second-order valence-electron chi connectivity index (χ2n) is 4.52. The molecule has 20 heavy (non-hydrogen) atoms. The maximum absolute atomic E-state index is 6.24. The molecule has 0 saturated heterocycles. The molecule has 0 bridgehead atoms. The third-order valence-electron chi connectivity index (χ3n) is 3.02. The van der Waals surface area contributed by atoms with E-state index < -0.39 is 0 Å². The summed E-state index contributed by atoms with van der Waals surface area (Å²) in [6.07, 6.45) is 6.17. The first-order chi connectivity index (χ1) is 9.74. The predicted octanol–water partition coefficient (Wildman–Crippen LogP) is 5.67. The van der Waals surface area contributed by atoms with Gasteiger partial charge in [-0.25, -0.2) is 0 Å². The van der Waals surface area contributed by atoms with Gasteiger partial charge in [-0.05, 0) is 53.6 Å². The first-order valence-corrected chi connectivity index (χ1v) is 8.64. The number of nitrogens with zero attached hydrogens (tertiary/aromatic N) is 1. The van der Waals surface area contributed by atoms with Crippen LogP contribution in [0, 0.1) is 3.57 Å². The average Bonchev–Trinajstić information content (AvgIpc) is 2.45. The molecule has 0 radical (unpaired) electrons. The third-order valence-corrected chi connectivity index (χ3v) is 4.41. The fourth-order valence-corrected chi connectivity index (χ4v) is 3.37. The van der Waals surface area contributed by atoms with E-state index in [1.807, 2.05) is 18.2 Å². The summed E-state index contributed by atoms with van der Waals surface area (Å²) in [7, 11) is 0. The highest BCUT2D eigenvalue weighted by atomic mass is 127. The Labute approximate surface area is 143 Å². The minimum absolute atomic E-state index is 0.700. The van der Waals surface area contributed by atoms with E-state index in [1.54, 1.807) is 6.20 Å². The van der Waals surface area contributed by atoms with Crippen molar-refractivity contribution >= 4 is 56.7 Å². The van der Waals surface area contributed by atoms with Crippen LogP contribution < -0.4 is 4.74 Å². The van der Waals surface area contributed by atoms with Gasteiger partial charge in [-0.2, -0.15) is 0 Å². The van der Waals surface area contributed by atoms with Gasteiger partial charge in [0.2, 0.25) is 0 Å². The Morgan fingerprint density at radius 2 is 2.00 bits per heavy atom. The quantitative estimate of drug-likeness (QED) is 0.325. The highest BCUT2D eigenvalue weighted by molar-refractivity contribution is 14.1. The summed E-state index contributed by atoms with van der Waals surface area (Å²) >= 11 is 14.1. The van der Waals surface area contributed by atoms with E-state index in [9.17, 15) is 0 Å². The number of rotatable bonds is 7. The molecule has 108 valence electrons. The lowest BCUT2D eigenvalue weighted by Gasteiger charge is -2.11. The van der Waals surface area contributed by atoms with Gasteiger partial charge in [-0.1, -0.05) is 24.4 Å². The smallest absolute Gasteiger partial charge is 0.158 e. The second kappa shape index (κ2) is 8.25. The van der Waals surface area contributed by atoms with Gasteiger partial charge in [0, 0.05) is 17.5 Å². The van der Waals surface area contributed by atoms with Crippen molar-refractivity contribution in [2.45, 2.75) is 25.7 Å². The molecule has 0 fully saturated rings. The highest BCUT2D eigenvalue weighted by Gasteiger charge is 2.11. The second-order valence-corrected chi connectivity index (χ2v) is 6.47. The van der Waals surface area contributed by atoms with Crippen molar-refractivity contribution in [2.75, 3.05) is 12.5 Å². The monoisotopic (exact) mass is 423 g/mol. The lowest BCUT2D eigenvalue weighted by molar-refractivity contribution is 0.306. The molecule has 0 aliphatic heterocycles. The topological polar surface area (TPSA) is 22.1 Å². The van der Waals surface area contributed by atoms with Gasteiger partial charge in [0.15, 0.2) is 5.75 Å². The van der Waals surface area contributed by atoms with Gasteiger partial charge in [0.05, 0.1) is 15.2 Å². The van der Waals surface area contributed by atoms with Crippen molar-refractivity contribution in [3.05, 3.63) is 33.0 Å². The number of benzene rings is 1. The number of unbranched alkanes of at least 4 members (excludes halogenated alkanes) is 3. The molecule has 0 spiro atoms. The molecular weight excluding hydrogens is 408 g/mol. The van der Waals surface area contributed by atoms with Crippen LogP contribution >= 0.6 is 45.8 Å². The summed E-state index contributed by atoms with van der Waals surface area (Å²) in [5, 5.41) is 1.65. The Balaban J connectivity index is 2.06. The number of hydrogen-bond donors (Lipinski definition) is 0. The molecule has 1 heterocycles. The Morgan fingerprint density at radius 1 is 1.20 bits per heavy atom. The first-order valence-electron chi connectivity index (χ1n) is 6.65. The number of halogens is 3. The molecule has 2 nitrogen and oxygen atoms in total. The molecule has 0 aliphatic carbocycles. The van der Waals surface area contributed by atoms with Crippen LogP contribution in [-0.4, -0.2) is 17.5 Å². The van der Waals surface area contributed by atoms with Gasteiger partial charge in [0.1, 0.15) is 5.52 Å². The van der Waals surface area contributed by atoms with E-state index in [4.69, 9.17) is 27.9 Å². The van der Waals surface area contributed by atoms with Crippen molar-refractivity contribution in [1.82, 2.24) is 4.98 Å². The van der Waals surface area contributed by atoms with Crippen LogP contribution in [-0.2, 0) is 0 Å². The van der Waals surface area contributed by atoms with Crippen LogP contribution in [0.3, 0.4) is 0 Å². The number of fused-ring (bicyclic) bond motifs is 1. The Kier molecular flexibility index (Phi) is 6.65. The normalized spacial score (nSPS) is 10.9. The van der Waals surface area contributed by atoms with Gasteiger partial charge in [-0.3, -0.25) is 4.98 Å². The fraction of sp³-hybridized carbons (Fsp3) is 0.400. The molecule has 0 atom stereocenters. The van der Waals surface area contributed by atoms with Crippen molar-refractivity contribution in [1.29, 1.82) is 0 Å². The summed E-state index contributed by atoms with van der Waals surface area (Å²) in [5.74, 6) is 1.58. The molecule has 0 saturated carbocycles. The third kappa shape index (κ3) is 4.12. The summed E-state index contributed by atoms with van der Waals surface area (Å²) in [5.41, 5.74) is 0.838. The zero-order chi connectivity index (χ0) is 14.4. The van der Waals surface area contributed by atoms with Crippen LogP contribution in [0.25, 0.3) is 10.9 Å². The van der Waals surface area contributed by atoms with Crippen molar-refractivity contribution in [2.24, 2.45) is 0 Å². The standard InChI is InChI=1S/C15H16Cl2INO/c16-7-3-1-2-4-9-20-15-13(18)10-12(17)11-6-5-8-19-14(11)15/h5-6,8,10H,1-4,7,9H2. The van der Waals surface area contributed by atoms with E-state index in [0.29, 0.717) is 11.6 Å². The zero-order valence-corrected chi connectivity index (χ0v) is 14.7. The van der Waals surface area contributed by atoms with Gasteiger partial charge < -0.3 is 4.74 Å². The largest absolute Gasteiger partial charge is 0.490 e. The predicted molar refractivity (Wildman–Crippen MR) is 94.2 cm³/mol. The Hall–Kier alpha value is -0.260. The van der Waals surface area contributed by atoms with Gasteiger partial charge in [0.25, 0.3) is 0 Å². The number of aromatic nitrogens is 1. The van der Waals surface area contributed by atoms with Gasteiger partial charge in [-0.15, -0.1) is 11.6 Å². The number of ether oxygens (including phenoxy) is 1. The van der Waals surface area contributed by atoms with E-state index >= 15 is 0 Å². The lowest BCUT2D eigenvalue weighted by atomic mass is 10.2. The van der Waals surface area contributed by atoms with Crippen LogP contribution in [0.1, 0.15) is 25.7 Å². The maximum Gasteiger partial charge on any atom is 0.158 e. The molecule has 0 unspecified atom stereocenters. The summed E-state index contributed by atoms with van der Waals surface area (Å²) in [6, 6.07) is 5.78. The SMILES string of the molecule is ClCCCCCCOc1c(I)cc(Cl)c2cccnc12. The molecule has 0 aliphatic rings. The van der Waals surface area contributed by atoms with Crippen LogP contribution in [0.2, 0.25) is 5.02 Å². The summed E-state index contributed by atoms with van der Waals surface area (Å²) in [6.45, 7) is 0.700. The first kappa shape index (κ1) is 16.1. The summed E-state index contributed by atoms with van der Waals surface area (Å²) < 4.78 is 6.92. The van der Waals surface area contributed by atoms with Crippen LogP contribution in [0.15, 0.2) is 24.4 Å². The number of hydrogen-bond acceptors (Lipinski definition) is 2. The van der Waals surface area contributed by atoms with Crippen LogP contribution in [0.4, 0.5) is 0 Å². The highest BCUT2D eigenvalue weighted by Crippen LogP contribution is 2.34. The van der Waals surface area contributed by atoms with Gasteiger partial charge >= 0.3 is 0 Å². The average molecular weight is 424 g/mol. The Morgan fingerprint density at radius 3 is 2.80 bits per heavy atom. The molecule has 5 heteroatoms.